The van der Waals surface area contributed by atoms with Crippen LogP contribution in [0, 0.1) is 0 Å². The second kappa shape index (κ2) is 7.97. The molecule has 1 unspecified atom stereocenters. The Labute approximate surface area is 166 Å². The molecule has 3 rings (SSSR count). The first-order chi connectivity index (χ1) is 12.8. The maximum absolute atomic E-state index is 12.2. The standard InChI is InChI=1S/C18H19BrN2O5S/c1-25-18(22)15-10-14(27(20,23)24)6-7-16(15)21-8-9-26-17(11-21)12-2-4-13(19)5-3-12/h2-7,10,17H,8-9,11H2,1H3,(H2,20,23,24). The van der Waals surface area contributed by atoms with Gasteiger partial charge in [-0.15, -0.1) is 0 Å². The van der Waals surface area contributed by atoms with Crippen molar-refractivity contribution in [2.45, 2.75) is 11.0 Å². The summed E-state index contributed by atoms with van der Waals surface area (Å²) in [4.78, 5) is 14.1. The number of halogens is 1. The minimum Gasteiger partial charge on any atom is -0.465 e. The molecule has 0 aliphatic carbocycles. The van der Waals surface area contributed by atoms with Crippen LogP contribution >= 0.6 is 15.9 Å². The van der Waals surface area contributed by atoms with Crippen LogP contribution in [0.4, 0.5) is 5.69 Å². The fourth-order valence-corrected chi connectivity index (χ4v) is 3.79. The summed E-state index contributed by atoms with van der Waals surface area (Å²) in [6, 6.07) is 12.1. The lowest BCUT2D eigenvalue weighted by Gasteiger charge is -2.35. The molecule has 0 saturated carbocycles. The van der Waals surface area contributed by atoms with E-state index in [0.717, 1.165) is 10.0 Å². The molecule has 7 nitrogen and oxygen atoms in total. The lowest BCUT2D eigenvalue weighted by atomic mass is 10.1. The number of primary sulfonamides is 1. The van der Waals surface area contributed by atoms with E-state index in [2.05, 4.69) is 15.9 Å². The number of carbonyl (C=O) groups excluding carboxylic acids is 1. The number of carbonyl (C=O) groups is 1. The highest BCUT2D eigenvalue weighted by Gasteiger charge is 2.26. The van der Waals surface area contributed by atoms with Crippen LogP contribution < -0.4 is 10.0 Å². The highest BCUT2D eigenvalue weighted by molar-refractivity contribution is 9.10. The predicted octanol–water partition coefficient (Wildman–Crippen LogP) is 2.46. The van der Waals surface area contributed by atoms with Crippen LogP contribution in [-0.4, -0.2) is 41.2 Å². The van der Waals surface area contributed by atoms with Gasteiger partial charge in [0.1, 0.15) is 6.10 Å². The molecule has 1 saturated heterocycles. The SMILES string of the molecule is COC(=O)c1cc(S(N)(=O)=O)ccc1N1CCOC(c2ccc(Br)cc2)C1. The Hall–Kier alpha value is -1.94. The summed E-state index contributed by atoms with van der Waals surface area (Å²) < 4.78 is 34.9. The van der Waals surface area contributed by atoms with Gasteiger partial charge in [-0.25, -0.2) is 18.4 Å². The number of morpholine rings is 1. The van der Waals surface area contributed by atoms with Gasteiger partial charge in [0.15, 0.2) is 0 Å². The van der Waals surface area contributed by atoms with Crippen molar-refractivity contribution in [3.8, 4) is 0 Å². The van der Waals surface area contributed by atoms with Crippen LogP contribution in [0.1, 0.15) is 22.0 Å². The highest BCUT2D eigenvalue weighted by atomic mass is 79.9. The fourth-order valence-electron chi connectivity index (χ4n) is 2.99. The molecule has 1 fully saturated rings. The number of sulfonamides is 1. The van der Waals surface area contributed by atoms with E-state index in [4.69, 9.17) is 14.6 Å². The van der Waals surface area contributed by atoms with Gasteiger partial charge in [-0.05, 0) is 35.9 Å². The Morgan fingerprint density at radius 2 is 1.96 bits per heavy atom. The Morgan fingerprint density at radius 3 is 2.59 bits per heavy atom. The molecule has 0 aromatic heterocycles. The summed E-state index contributed by atoms with van der Waals surface area (Å²) in [7, 11) is -2.68. The number of nitrogens with two attached hydrogens (primary N) is 1. The maximum atomic E-state index is 12.2. The summed E-state index contributed by atoms with van der Waals surface area (Å²) in [5.41, 5.74) is 1.75. The third kappa shape index (κ3) is 4.49. The molecule has 2 aromatic rings. The Kier molecular flexibility index (Phi) is 5.85. The van der Waals surface area contributed by atoms with E-state index in [9.17, 15) is 13.2 Å². The number of rotatable bonds is 4. The molecule has 0 spiro atoms. The maximum Gasteiger partial charge on any atom is 0.340 e. The summed E-state index contributed by atoms with van der Waals surface area (Å²) >= 11 is 3.41. The number of ether oxygens (including phenoxy) is 2. The summed E-state index contributed by atoms with van der Waals surface area (Å²) in [5, 5.41) is 5.19. The topological polar surface area (TPSA) is 98.9 Å². The van der Waals surface area contributed by atoms with Gasteiger partial charge < -0.3 is 14.4 Å². The molecule has 0 bridgehead atoms. The van der Waals surface area contributed by atoms with Crippen molar-refractivity contribution in [2.75, 3.05) is 31.7 Å². The molecule has 1 aliphatic heterocycles. The summed E-state index contributed by atoms with van der Waals surface area (Å²) in [6.45, 7) is 1.55. The highest BCUT2D eigenvalue weighted by Crippen LogP contribution is 2.30. The lowest BCUT2D eigenvalue weighted by molar-refractivity contribution is 0.0394. The molecule has 0 amide bonds. The summed E-state index contributed by atoms with van der Waals surface area (Å²) in [6.07, 6.45) is -0.171. The molecular formula is C18H19BrN2O5S. The first-order valence-electron chi connectivity index (χ1n) is 8.17. The van der Waals surface area contributed by atoms with Crippen molar-refractivity contribution in [3.63, 3.8) is 0 Å². The van der Waals surface area contributed by atoms with Crippen molar-refractivity contribution in [3.05, 3.63) is 58.1 Å². The zero-order chi connectivity index (χ0) is 19.6. The monoisotopic (exact) mass is 454 g/mol. The third-order valence-corrected chi connectivity index (χ3v) is 5.79. The number of hydrogen-bond donors (Lipinski definition) is 1. The Bertz CT molecular complexity index is 947. The number of nitrogens with zero attached hydrogens (tertiary/aromatic N) is 1. The van der Waals surface area contributed by atoms with E-state index in [1.54, 1.807) is 6.07 Å². The normalized spacial score (nSPS) is 17.6. The van der Waals surface area contributed by atoms with Crippen molar-refractivity contribution in [1.29, 1.82) is 0 Å². The van der Waals surface area contributed by atoms with Crippen molar-refractivity contribution in [1.82, 2.24) is 0 Å². The molecule has 0 radical (unpaired) electrons. The van der Waals surface area contributed by atoms with Crippen molar-refractivity contribution >= 4 is 37.6 Å². The van der Waals surface area contributed by atoms with Gasteiger partial charge in [0.05, 0.1) is 29.9 Å². The summed E-state index contributed by atoms with van der Waals surface area (Å²) in [5.74, 6) is -0.623. The van der Waals surface area contributed by atoms with Gasteiger partial charge in [-0.2, -0.15) is 0 Å². The second-order valence-corrected chi connectivity index (χ2v) is 8.55. The Morgan fingerprint density at radius 1 is 1.26 bits per heavy atom. The molecule has 2 N–H and O–H groups in total. The van der Waals surface area contributed by atoms with Gasteiger partial charge in [0, 0.05) is 17.6 Å². The Balaban J connectivity index is 1.94. The van der Waals surface area contributed by atoms with Crippen LogP contribution in [0.5, 0.6) is 0 Å². The quantitative estimate of drug-likeness (QED) is 0.712. The number of methoxy groups -OCH3 is 1. The average Bonchev–Trinajstić information content (AvgIpc) is 2.67. The minimum atomic E-state index is -3.93. The molecule has 1 aliphatic rings. The molecule has 1 atom stereocenters. The fraction of sp³-hybridized carbons (Fsp3) is 0.278. The first-order valence-corrected chi connectivity index (χ1v) is 10.5. The molecular weight excluding hydrogens is 436 g/mol. The van der Waals surface area contributed by atoms with Crippen LogP contribution in [0.25, 0.3) is 0 Å². The third-order valence-electron chi connectivity index (χ3n) is 4.35. The van der Waals surface area contributed by atoms with Gasteiger partial charge in [0.25, 0.3) is 0 Å². The molecule has 27 heavy (non-hydrogen) atoms. The van der Waals surface area contributed by atoms with E-state index in [1.807, 2.05) is 29.2 Å². The molecule has 144 valence electrons. The van der Waals surface area contributed by atoms with Crippen LogP contribution in [0.15, 0.2) is 51.8 Å². The van der Waals surface area contributed by atoms with E-state index in [1.165, 1.54) is 19.2 Å². The van der Waals surface area contributed by atoms with Crippen molar-refractivity contribution < 1.29 is 22.7 Å². The predicted molar refractivity (Wildman–Crippen MR) is 104 cm³/mol. The lowest BCUT2D eigenvalue weighted by Crippen LogP contribution is -2.39. The van der Waals surface area contributed by atoms with E-state index in [-0.39, 0.29) is 16.6 Å². The van der Waals surface area contributed by atoms with Crippen LogP contribution in [0.2, 0.25) is 0 Å². The number of anilines is 1. The van der Waals surface area contributed by atoms with Crippen molar-refractivity contribution in [2.24, 2.45) is 5.14 Å². The van der Waals surface area contributed by atoms with Gasteiger partial charge >= 0.3 is 5.97 Å². The van der Waals surface area contributed by atoms with Gasteiger partial charge in [-0.3, -0.25) is 0 Å². The van der Waals surface area contributed by atoms with Crippen LogP contribution in [0.3, 0.4) is 0 Å². The first kappa shape index (κ1) is 19.8. The molecule has 2 aromatic carbocycles. The van der Waals surface area contributed by atoms with E-state index in [0.29, 0.717) is 25.4 Å². The van der Waals surface area contributed by atoms with E-state index >= 15 is 0 Å². The molecule has 1 heterocycles. The molecule has 9 heteroatoms. The number of benzene rings is 2. The zero-order valence-corrected chi connectivity index (χ0v) is 17.0. The van der Waals surface area contributed by atoms with Gasteiger partial charge in [0.2, 0.25) is 10.0 Å². The van der Waals surface area contributed by atoms with Crippen LogP contribution in [-0.2, 0) is 19.5 Å². The average molecular weight is 455 g/mol. The zero-order valence-electron chi connectivity index (χ0n) is 14.6. The number of esters is 1. The van der Waals surface area contributed by atoms with Gasteiger partial charge in [-0.1, -0.05) is 28.1 Å². The minimum absolute atomic E-state index is 0.135. The largest absolute Gasteiger partial charge is 0.465 e. The number of hydrogen-bond acceptors (Lipinski definition) is 6. The second-order valence-electron chi connectivity index (χ2n) is 6.07. The van der Waals surface area contributed by atoms with E-state index < -0.39 is 16.0 Å². The smallest absolute Gasteiger partial charge is 0.340 e.